The summed E-state index contributed by atoms with van der Waals surface area (Å²) in [5.74, 6) is 0.467. The molecular weight excluding hydrogens is 246 g/mol. The molecule has 0 spiro atoms. The number of nitrogens with zero attached hydrogens (tertiary/aromatic N) is 3. The molecule has 0 saturated carbocycles. The normalized spacial score (nSPS) is 9.28. The first-order chi connectivity index (χ1) is 8.78. The first-order valence-corrected chi connectivity index (χ1v) is 5.95. The second kappa shape index (κ2) is 5.17. The van der Waals surface area contributed by atoms with Gasteiger partial charge in [-0.05, 0) is 12.1 Å². The van der Waals surface area contributed by atoms with Crippen molar-refractivity contribution >= 4 is 28.0 Å². The molecule has 6 heteroatoms. The minimum Gasteiger partial charge on any atom is -0.364 e. The Kier molecular flexibility index (Phi) is 3.42. The topological polar surface area (TPSA) is 84.5 Å². The fourth-order valence-corrected chi connectivity index (χ4v) is 2.08. The first kappa shape index (κ1) is 11.9. The molecule has 2 aromatic rings. The molecule has 0 radical (unpaired) electrons. The highest BCUT2D eigenvalue weighted by Gasteiger charge is 2.11. The van der Waals surface area contributed by atoms with Crippen molar-refractivity contribution < 1.29 is 0 Å². The van der Waals surface area contributed by atoms with Gasteiger partial charge in [-0.2, -0.15) is 10.5 Å². The third-order valence-electron chi connectivity index (χ3n) is 2.24. The number of nitrogens with one attached hydrogen (secondary N) is 2. The SMILES string of the molecule is CNc1nc(Nc2ccccc2C#N)c(C#N)s1. The Morgan fingerprint density at radius 2 is 2.00 bits per heavy atom. The molecule has 0 aliphatic heterocycles. The van der Waals surface area contributed by atoms with Crippen LogP contribution in [0.5, 0.6) is 0 Å². The molecule has 0 unspecified atom stereocenters. The van der Waals surface area contributed by atoms with Gasteiger partial charge in [0, 0.05) is 7.05 Å². The molecular formula is C12H9N5S. The van der Waals surface area contributed by atoms with Gasteiger partial charge in [-0.3, -0.25) is 0 Å². The van der Waals surface area contributed by atoms with Crippen LogP contribution in [0.2, 0.25) is 0 Å². The van der Waals surface area contributed by atoms with Crippen molar-refractivity contribution in [2.45, 2.75) is 0 Å². The monoisotopic (exact) mass is 255 g/mol. The van der Waals surface area contributed by atoms with E-state index in [4.69, 9.17) is 10.5 Å². The molecule has 1 aromatic carbocycles. The van der Waals surface area contributed by atoms with Gasteiger partial charge in [-0.25, -0.2) is 4.98 Å². The molecule has 2 rings (SSSR count). The molecule has 18 heavy (non-hydrogen) atoms. The van der Waals surface area contributed by atoms with E-state index in [1.165, 1.54) is 11.3 Å². The van der Waals surface area contributed by atoms with E-state index < -0.39 is 0 Å². The van der Waals surface area contributed by atoms with Crippen LogP contribution >= 0.6 is 11.3 Å². The highest BCUT2D eigenvalue weighted by molar-refractivity contribution is 7.16. The van der Waals surface area contributed by atoms with Crippen molar-refractivity contribution in [3.63, 3.8) is 0 Å². The summed E-state index contributed by atoms with van der Waals surface area (Å²) in [6.45, 7) is 0. The van der Waals surface area contributed by atoms with E-state index >= 15 is 0 Å². The average molecular weight is 255 g/mol. The predicted molar refractivity (Wildman–Crippen MR) is 70.8 cm³/mol. The number of rotatable bonds is 3. The highest BCUT2D eigenvalue weighted by Crippen LogP contribution is 2.29. The Labute approximate surface area is 108 Å². The van der Waals surface area contributed by atoms with E-state index in [1.807, 2.05) is 6.07 Å². The minimum atomic E-state index is 0.467. The maximum absolute atomic E-state index is 9.02. The fourth-order valence-electron chi connectivity index (χ4n) is 1.40. The van der Waals surface area contributed by atoms with Gasteiger partial charge in [0.25, 0.3) is 0 Å². The van der Waals surface area contributed by atoms with Crippen molar-refractivity contribution in [3.05, 3.63) is 34.7 Å². The van der Waals surface area contributed by atoms with E-state index in [0.717, 1.165) is 0 Å². The van der Waals surface area contributed by atoms with E-state index in [-0.39, 0.29) is 0 Å². The predicted octanol–water partition coefficient (Wildman–Crippen LogP) is 2.67. The summed E-state index contributed by atoms with van der Waals surface area (Å²) >= 11 is 1.26. The molecule has 0 bridgehead atoms. The second-order valence-electron chi connectivity index (χ2n) is 3.34. The number of para-hydroxylation sites is 1. The lowest BCUT2D eigenvalue weighted by Gasteiger charge is -2.04. The van der Waals surface area contributed by atoms with Crippen LogP contribution in [0.4, 0.5) is 16.6 Å². The maximum atomic E-state index is 9.02. The second-order valence-corrected chi connectivity index (χ2v) is 4.34. The average Bonchev–Trinajstić information content (AvgIpc) is 2.81. The first-order valence-electron chi connectivity index (χ1n) is 5.13. The number of aromatic nitrogens is 1. The highest BCUT2D eigenvalue weighted by atomic mass is 32.1. The fraction of sp³-hybridized carbons (Fsp3) is 0.0833. The van der Waals surface area contributed by atoms with Gasteiger partial charge in [0.15, 0.2) is 15.8 Å². The Balaban J connectivity index is 2.37. The van der Waals surface area contributed by atoms with Crippen LogP contribution in [-0.2, 0) is 0 Å². The molecule has 0 aliphatic carbocycles. The molecule has 0 amide bonds. The largest absolute Gasteiger partial charge is 0.364 e. The van der Waals surface area contributed by atoms with Crippen LogP contribution in [0.15, 0.2) is 24.3 Å². The molecule has 5 nitrogen and oxygen atoms in total. The minimum absolute atomic E-state index is 0.467. The summed E-state index contributed by atoms with van der Waals surface area (Å²) in [5, 5.41) is 24.6. The molecule has 0 atom stereocenters. The van der Waals surface area contributed by atoms with Crippen molar-refractivity contribution in [2.24, 2.45) is 0 Å². The van der Waals surface area contributed by atoms with E-state index in [1.54, 1.807) is 25.2 Å². The number of hydrogen-bond donors (Lipinski definition) is 2. The van der Waals surface area contributed by atoms with Crippen molar-refractivity contribution in [2.75, 3.05) is 17.7 Å². The summed E-state index contributed by atoms with van der Waals surface area (Å²) in [5.41, 5.74) is 1.16. The van der Waals surface area contributed by atoms with Crippen molar-refractivity contribution in [1.82, 2.24) is 4.98 Å². The van der Waals surface area contributed by atoms with Crippen LogP contribution < -0.4 is 10.6 Å². The Morgan fingerprint density at radius 1 is 1.22 bits per heavy atom. The van der Waals surface area contributed by atoms with Crippen molar-refractivity contribution in [1.29, 1.82) is 10.5 Å². The quantitative estimate of drug-likeness (QED) is 0.880. The summed E-state index contributed by atoms with van der Waals surface area (Å²) in [6, 6.07) is 11.3. The standard InChI is InChI=1S/C12H9N5S/c1-15-12-17-11(10(7-14)18-12)16-9-5-3-2-4-8(9)6-13/h2-5,16H,1H3,(H,15,17). The van der Waals surface area contributed by atoms with Gasteiger partial charge < -0.3 is 10.6 Å². The van der Waals surface area contributed by atoms with E-state index in [9.17, 15) is 0 Å². The third-order valence-corrected chi connectivity index (χ3v) is 3.22. The lowest BCUT2D eigenvalue weighted by molar-refractivity contribution is 1.33. The van der Waals surface area contributed by atoms with Crippen LogP contribution in [-0.4, -0.2) is 12.0 Å². The number of nitriles is 2. The Hall–Kier alpha value is -2.57. The lowest BCUT2D eigenvalue weighted by atomic mass is 10.2. The molecule has 1 aromatic heterocycles. The molecule has 0 saturated heterocycles. The zero-order valence-electron chi connectivity index (χ0n) is 9.56. The molecule has 1 heterocycles. The third kappa shape index (κ3) is 2.24. The number of benzene rings is 1. The van der Waals surface area contributed by atoms with Gasteiger partial charge in [-0.1, -0.05) is 23.5 Å². The zero-order chi connectivity index (χ0) is 13.0. The van der Waals surface area contributed by atoms with E-state index in [0.29, 0.717) is 27.1 Å². The van der Waals surface area contributed by atoms with Gasteiger partial charge in [-0.15, -0.1) is 0 Å². The number of thiazole rings is 1. The summed E-state index contributed by atoms with van der Waals surface area (Å²) < 4.78 is 0. The van der Waals surface area contributed by atoms with Gasteiger partial charge in [0.1, 0.15) is 12.1 Å². The number of hydrogen-bond acceptors (Lipinski definition) is 6. The van der Waals surface area contributed by atoms with Crippen LogP contribution in [0.25, 0.3) is 0 Å². The summed E-state index contributed by atoms with van der Waals surface area (Å²) in [7, 11) is 1.74. The van der Waals surface area contributed by atoms with Crippen LogP contribution in [0, 0.1) is 22.7 Å². The summed E-state index contributed by atoms with van der Waals surface area (Å²) in [4.78, 5) is 4.71. The van der Waals surface area contributed by atoms with Crippen LogP contribution in [0.3, 0.4) is 0 Å². The van der Waals surface area contributed by atoms with Gasteiger partial charge >= 0.3 is 0 Å². The Morgan fingerprint density at radius 3 is 2.67 bits per heavy atom. The molecule has 88 valence electrons. The number of anilines is 3. The molecule has 0 fully saturated rings. The summed E-state index contributed by atoms with van der Waals surface area (Å²) in [6.07, 6.45) is 0. The van der Waals surface area contributed by atoms with Gasteiger partial charge in [0.05, 0.1) is 11.3 Å². The molecule has 2 N–H and O–H groups in total. The van der Waals surface area contributed by atoms with Gasteiger partial charge in [0.2, 0.25) is 0 Å². The molecule has 0 aliphatic rings. The van der Waals surface area contributed by atoms with Crippen LogP contribution in [0.1, 0.15) is 10.4 Å². The zero-order valence-corrected chi connectivity index (χ0v) is 10.4. The smallest absolute Gasteiger partial charge is 0.185 e. The maximum Gasteiger partial charge on any atom is 0.185 e. The Bertz CT molecular complexity index is 647. The lowest BCUT2D eigenvalue weighted by Crippen LogP contribution is -1.95. The van der Waals surface area contributed by atoms with E-state index in [2.05, 4.69) is 27.8 Å². The van der Waals surface area contributed by atoms with Crippen molar-refractivity contribution in [3.8, 4) is 12.1 Å².